The molecule has 1 saturated heterocycles. The number of hydrogen-bond donors (Lipinski definition) is 0. The second-order valence-electron chi connectivity index (χ2n) is 4.41. The molecular weight excluding hydrogens is 234 g/mol. The minimum Gasteiger partial charge on any atom is -0.468 e. The first-order chi connectivity index (χ1) is 5.88. The van der Waals surface area contributed by atoms with E-state index in [2.05, 4.69) is 41.6 Å². The molecule has 1 heterocycles. The lowest BCUT2D eigenvalue weighted by Crippen LogP contribution is -2.39. The third kappa shape index (κ3) is 1.74. The molecule has 0 saturated carbocycles. The van der Waals surface area contributed by atoms with Crippen molar-refractivity contribution in [2.75, 3.05) is 19.0 Å². The summed E-state index contributed by atoms with van der Waals surface area (Å²) in [4.78, 5) is 13.6. The van der Waals surface area contributed by atoms with E-state index in [1.54, 1.807) is 0 Å². The maximum atomic E-state index is 11.5. The zero-order valence-electron chi connectivity index (χ0n) is 8.56. The smallest absolute Gasteiger partial charge is 0.328 e. The molecule has 0 aliphatic carbocycles. The van der Waals surface area contributed by atoms with Crippen molar-refractivity contribution in [1.29, 1.82) is 0 Å². The lowest BCUT2D eigenvalue weighted by atomic mass is 10.1. The highest BCUT2D eigenvalue weighted by Gasteiger charge is 2.62. The van der Waals surface area contributed by atoms with E-state index in [0.29, 0.717) is 5.33 Å². The Kier molecular flexibility index (Phi) is 2.74. The number of rotatable bonds is 2. The third-order valence-corrected chi connectivity index (χ3v) is 3.36. The van der Waals surface area contributed by atoms with Gasteiger partial charge in [0, 0.05) is 17.4 Å². The molecule has 76 valence electrons. The molecule has 2 atom stereocenters. The SMILES string of the molecule is COC(=O)C1(CBr)CN1C(C)(C)C. The standard InChI is InChI=1S/C9H16BrNO2/c1-8(2,3)11-6-9(11,5-10)7(12)13-4/h5-6H2,1-4H3. The van der Waals surface area contributed by atoms with Crippen LogP contribution >= 0.6 is 15.9 Å². The van der Waals surface area contributed by atoms with Crippen molar-refractivity contribution in [3.63, 3.8) is 0 Å². The summed E-state index contributed by atoms with van der Waals surface area (Å²) in [7, 11) is 1.44. The van der Waals surface area contributed by atoms with E-state index in [1.165, 1.54) is 7.11 Å². The third-order valence-electron chi connectivity index (χ3n) is 2.43. The van der Waals surface area contributed by atoms with Gasteiger partial charge in [0.15, 0.2) is 0 Å². The van der Waals surface area contributed by atoms with Crippen LogP contribution in [-0.2, 0) is 9.53 Å². The lowest BCUT2D eigenvalue weighted by molar-refractivity contribution is -0.144. The van der Waals surface area contributed by atoms with E-state index in [-0.39, 0.29) is 11.5 Å². The van der Waals surface area contributed by atoms with Gasteiger partial charge in [-0.15, -0.1) is 0 Å². The Morgan fingerprint density at radius 1 is 1.62 bits per heavy atom. The molecule has 0 aromatic carbocycles. The van der Waals surface area contributed by atoms with Gasteiger partial charge in [-0.25, -0.2) is 4.79 Å². The second-order valence-corrected chi connectivity index (χ2v) is 4.97. The van der Waals surface area contributed by atoms with Crippen molar-refractivity contribution < 1.29 is 9.53 Å². The first-order valence-corrected chi connectivity index (χ1v) is 5.43. The molecule has 0 aromatic heterocycles. The van der Waals surface area contributed by atoms with Crippen molar-refractivity contribution in [2.45, 2.75) is 31.8 Å². The molecule has 0 radical (unpaired) electrons. The Morgan fingerprint density at radius 2 is 2.15 bits per heavy atom. The lowest BCUT2D eigenvalue weighted by Gasteiger charge is -2.24. The van der Waals surface area contributed by atoms with E-state index >= 15 is 0 Å². The summed E-state index contributed by atoms with van der Waals surface area (Å²) in [6, 6.07) is 0. The molecule has 13 heavy (non-hydrogen) atoms. The summed E-state index contributed by atoms with van der Waals surface area (Å²) in [5, 5.41) is 0.643. The fourth-order valence-electron chi connectivity index (χ4n) is 1.64. The Morgan fingerprint density at radius 3 is 2.38 bits per heavy atom. The number of methoxy groups -OCH3 is 1. The van der Waals surface area contributed by atoms with Crippen LogP contribution in [-0.4, -0.2) is 40.9 Å². The van der Waals surface area contributed by atoms with E-state index in [4.69, 9.17) is 4.74 Å². The molecule has 1 aliphatic rings. The number of alkyl halides is 1. The fourth-order valence-corrected chi connectivity index (χ4v) is 2.35. The number of carbonyl (C=O) groups excluding carboxylic acids is 1. The van der Waals surface area contributed by atoms with E-state index < -0.39 is 5.54 Å². The van der Waals surface area contributed by atoms with Crippen LogP contribution in [0.5, 0.6) is 0 Å². The van der Waals surface area contributed by atoms with Gasteiger partial charge in [0.25, 0.3) is 0 Å². The maximum absolute atomic E-state index is 11.5. The molecule has 0 bridgehead atoms. The maximum Gasteiger partial charge on any atom is 0.328 e. The minimum atomic E-state index is -0.410. The molecule has 4 heteroatoms. The average Bonchev–Trinajstić information content (AvgIpc) is 2.78. The highest BCUT2D eigenvalue weighted by Crippen LogP contribution is 2.41. The number of ether oxygens (including phenoxy) is 1. The highest BCUT2D eigenvalue weighted by molar-refractivity contribution is 9.09. The molecule has 0 amide bonds. The molecule has 0 spiro atoms. The Bertz CT molecular complexity index is 224. The van der Waals surface area contributed by atoms with Crippen molar-refractivity contribution in [2.24, 2.45) is 0 Å². The van der Waals surface area contributed by atoms with Crippen LogP contribution in [0.4, 0.5) is 0 Å². The van der Waals surface area contributed by atoms with E-state index in [1.807, 2.05) is 0 Å². The topological polar surface area (TPSA) is 29.3 Å². The summed E-state index contributed by atoms with van der Waals surface area (Å²) in [5.41, 5.74) is -0.380. The van der Waals surface area contributed by atoms with Gasteiger partial charge in [0.1, 0.15) is 5.54 Å². The zero-order chi connectivity index (χ0) is 10.3. The van der Waals surface area contributed by atoms with Gasteiger partial charge in [0.2, 0.25) is 0 Å². The number of nitrogens with zero attached hydrogens (tertiary/aromatic N) is 1. The van der Waals surface area contributed by atoms with Crippen molar-refractivity contribution >= 4 is 21.9 Å². The predicted octanol–water partition coefficient (Wildman–Crippen LogP) is 1.41. The van der Waals surface area contributed by atoms with Crippen LogP contribution < -0.4 is 0 Å². The monoisotopic (exact) mass is 249 g/mol. The van der Waals surface area contributed by atoms with Crippen molar-refractivity contribution in [3.05, 3.63) is 0 Å². The summed E-state index contributed by atoms with van der Waals surface area (Å²) >= 11 is 3.37. The minimum absolute atomic E-state index is 0.0297. The van der Waals surface area contributed by atoms with Gasteiger partial charge in [-0.05, 0) is 20.8 Å². The molecule has 1 fully saturated rings. The molecule has 1 aliphatic heterocycles. The second kappa shape index (κ2) is 3.24. The quantitative estimate of drug-likeness (QED) is 0.421. The number of carbonyl (C=O) groups is 1. The van der Waals surface area contributed by atoms with Gasteiger partial charge in [-0.1, -0.05) is 15.9 Å². The van der Waals surface area contributed by atoms with Gasteiger partial charge in [0.05, 0.1) is 7.11 Å². The fraction of sp³-hybridized carbons (Fsp3) is 0.889. The van der Waals surface area contributed by atoms with Crippen LogP contribution in [0.1, 0.15) is 20.8 Å². The van der Waals surface area contributed by atoms with Crippen LogP contribution in [0, 0.1) is 0 Å². The Labute approximate surface area is 87.6 Å². The summed E-state index contributed by atoms with van der Waals surface area (Å²) < 4.78 is 4.78. The first kappa shape index (κ1) is 11.0. The number of hydrogen-bond acceptors (Lipinski definition) is 3. The highest BCUT2D eigenvalue weighted by atomic mass is 79.9. The molecule has 2 unspecified atom stereocenters. The number of halogens is 1. The van der Waals surface area contributed by atoms with E-state index in [0.717, 1.165) is 6.54 Å². The summed E-state index contributed by atoms with van der Waals surface area (Å²) in [6.45, 7) is 7.08. The van der Waals surface area contributed by atoms with Gasteiger partial charge in [-0.2, -0.15) is 0 Å². The first-order valence-electron chi connectivity index (χ1n) is 4.30. The normalized spacial score (nSPS) is 32.8. The van der Waals surface area contributed by atoms with E-state index in [9.17, 15) is 4.79 Å². The Balaban J connectivity index is 2.75. The molecule has 1 rings (SSSR count). The van der Waals surface area contributed by atoms with Crippen LogP contribution in [0.15, 0.2) is 0 Å². The average molecular weight is 250 g/mol. The van der Waals surface area contributed by atoms with Gasteiger partial charge < -0.3 is 4.74 Å². The zero-order valence-corrected chi connectivity index (χ0v) is 10.1. The van der Waals surface area contributed by atoms with Crippen LogP contribution in [0.3, 0.4) is 0 Å². The van der Waals surface area contributed by atoms with Crippen molar-refractivity contribution in [1.82, 2.24) is 4.90 Å². The molecule has 3 nitrogen and oxygen atoms in total. The summed E-state index contributed by atoms with van der Waals surface area (Å²) in [5.74, 6) is -0.140. The summed E-state index contributed by atoms with van der Waals surface area (Å²) in [6.07, 6.45) is 0. The van der Waals surface area contributed by atoms with Crippen molar-refractivity contribution in [3.8, 4) is 0 Å². The number of esters is 1. The molecule has 0 N–H and O–H groups in total. The molecule has 0 aromatic rings. The van der Waals surface area contributed by atoms with Gasteiger partial charge in [-0.3, -0.25) is 4.90 Å². The Hall–Kier alpha value is -0.0900. The van der Waals surface area contributed by atoms with Gasteiger partial charge >= 0.3 is 5.97 Å². The largest absolute Gasteiger partial charge is 0.468 e. The predicted molar refractivity (Wildman–Crippen MR) is 55.0 cm³/mol. The molecular formula is C9H16BrNO2. The van der Waals surface area contributed by atoms with Crippen LogP contribution in [0.25, 0.3) is 0 Å². The van der Waals surface area contributed by atoms with Crippen LogP contribution in [0.2, 0.25) is 0 Å².